The van der Waals surface area contributed by atoms with Crippen LogP contribution in [0.15, 0.2) is 54.7 Å². The Balaban J connectivity index is 1.21. The number of piperazine rings is 1. The highest BCUT2D eigenvalue weighted by Crippen LogP contribution is 2.24. The van der Waals surface area contributed by atoms with Crippen LogP contribution in [0.4, 0.5) is 16.0 Å². The molecule has 5 nitrogen and oxygen atoms in total. The molecule has 3 aromatic rings. The molecule has 0 N–H and O–H groups in total. The van der Waals surface area contributed by atoms with Crippen molar-refractivity contribution in [3.63, 3.8) is 0 Å². The van der Waals surface area contributed by atoms with Gasteiger partial charge in [-0.15, -0.1) is 0 Å². The van der Waals surface area contributed by atoms with Gasteiger partial charge in [0.25, 0.3) is 0 Å². The number of benzene rings is 2. The minimum absolute atomic E-state index is 0.199. The SMILES string of the molecule is Fc1ccc(N2CCN(c3ncc4c(n3)CCN(Cc3ccccc3Cl)C4)CC2)cc1. The average molecular weight is 438 g/mol. The Morgan fingerprint density at radius 3 is 2.42 bits per heavy atom. The van der Waals surface area contributed by atoms with E-state index in [1.165, 1.54) is 17.7 Å². The third-order valence-electron chi connectivity index (χ3n) is 6.11. The van der Waals surface area contributed by atoms with E-state index in [2.05, 4.69) is 25.8 Å². The number of hydrogen-bond donors (Lipinski definition) is 0. The molecule has 0 bridgehead atoms. The number of nitrogens with zero attached hydrogens (tertiary/aromatic N) is 5. The Hall–Kier alpha value is -2.70. The minimum Gasteiger partial charge on any atom is -0.368 e. The molecular weight excluding hydrogens is 413 g/mol. The number of anilines is 2. The minimum atomic E-state index is -0.199. The van der Waals surface area contributed by atoms with Crippen LogP contribution in [-0.4, -0.2) is 47.6 Å². The number of rotatable bonds is 4. The fourth-order valence-corrected chi connectivity index (χ4v) is 4.53. The summed E-state index contributed by atoms with van der Waals surface area (Å²) in [7, 11) is 0. The van der Waals surface area contributed by atoms with Crippen molar-refractivity contribution in [1.29, 1.82) is 0 Å². The van der Waals surface area contributed by atoms with Crippen LogP contribution >= 0.6 is 11.6 Å². The molecular formula is C24H25ClFN5. The Kier molecular flexibility index (Phi) is 5.74. The molecule has 0 unspecified atom stereocenters. The van der Waals surface area contributed by atoms with Crippen LogP contribution in [0.3, 0.4) is 0 Å². The van der Waals surface area contributed by atoms with Gasteiger partial charge in [0.1, 0.15) is 5.82 Å². The molecule has 1 fully saturated rings. The summed E-state index contributed by atoms with van der Waals surface area (Å²) in [5.41, 5.74) is 4.57. The molecule has 31 heavy (non-hydrogen) atoms. The van der Waals surface area contributed by atoms with Gasteiger partial charge in [-0.25, -0.2) is 14.4 Å². The van der Waals surface area contributed by atoms with Crippen LogP contribution in [0.2, 0.25) is 5.02 Å². The summed E-state index contributed by atoms with van der Waals surface area (Å²) in [5.74, 6) is 0.618. The lowest BCUT2D eigenvalue weighted by Gasteiger charge is -2.36. The van der Waals surface area contributed by atoms with Gasteiger partial charge in [0.15, 0.2) is 0 Å². The van der Waals surface area contributed by atoms with Crippen molar-refractivity contribution in [3.05, 3.63) is 82.4 Å². The van der Waals surface area contributed by atoms with Crippen molar-refractivity contribution in [3.8, 4) is 0 Å². The Labute approximate surface area is 187 Å². The smallest absolute Gasteiger partial charge is 0.225 e. The molecule has 3 heterocycles. The van der Waals surface area contributed by atoms with Crippen LogP contribution in [-0.2, 0) is 19.5 Å². The van der Waals surface area contributed by atoms with E-state index in [9.17, 15) is 4.39 Å². The van der Waals surface area contributed by atoms with E-state index in [-0.39, 0.29) is 5.82 Å². The Bertz CT molecular complexity index is 1050. The molecule has 0 aliphatic carbocycles. The molecule has 7 heteroatoms. The first-order valence-corrected chi connectivity index (χ1v) is 11.1. The van der Waals surface area contributed by atoms with Crippen LogP contribution in [0.5, 0.6) is 0 Å². The topological polar surface area (TPSA) is 35.5 Å². The van der Waals surface area contributed by atoms with Crippen LogP contribution in [0.25, 0.3) is 0 Å². The number of halogens is 2. The second-order valence-electron chi connectivity index (χ2n) is 8.14. The van der Waals surface area contributed by atoms with Crippen LogP contribution in [0.1, 0.15) is 16.8 Å². The van der Waals surface area contributed by atoms with Gasteiger partial charge in [-0.05, 0) is 35.9 Å². The summed E-state index contributed by atoms with van der Waals surface area (Å²) in [6.07, 6.45) is 2.91. The highest BCUT2D eigenvalue weighted by Gasteiger charge is 2.23. The van der Waals surface area contributed by atoms with E-state index in [0.29, 0.717) is 0 Å². The number of hydrogen-bond acceptors (Lipinski definition) is 5. The molecule has 0 radical (unpaired) electrons. The lowest BCUT2D eigenvalue weighted by molar-refractivity contribution is 0.243. The van der Waals surface area contributed by atoms with Gasteiger partial charge in [0, 0.05) is 74.7 Å². The third kappa shape index (κ3) is 4.50. The maximum atomic E-state index is 13.2. The first-order chi connectivity index (χ1) is 15.2. The Morgan fingerprint density at radius 2 is 1.65 bits per heavy atom. The second kappa shape index (κ2) is 8.81. The normalized spacial score (nSPS) is 17.0. The summed E-state index contributed by atoms with van der Waals surface area (Å²) in [4.78, 5) is 16.5. The zero-order chi connectivity index (χ0) is 21.2. The second-order valence-corrected chi connectivity index (χ2v) is 8.55. The van der Waals surface area contributed by atoms with E-state index < -0.39 is 0 Å². The molecule has 0 amide bonds. The fourth-order valence-electron chi connectivity index (χ4n) is 4.34. The molecule has 1 aromatic heterocycles. The van der Waals surface area contributed by atoms with Gasteiger partial charge in [-0.3, -0.25) is 4.90 Å². The molecule has 0 atom stereocenters. The van der Waals surface area contributed by atoms with Gasteiger partial charge in [-0.1, -0.05) is 29.8 Å². The standard InChI is InChI=1S/C24H25ClFN5/c25-22-4-2-1-3-18(22)16-29-10-9-23-19(17-29)15-27-24(28-23)31-13-11-30(12-14-31)21-7-5-20(26)6-8-21/h1-8,15H,9-14,16-17H2. The van der Waals surface area contributed by atoms with Gasteiger partial charge >= 0.3 is 0 Å². The zero-order valence-electron chi connectivity index (χ0n) is 17.3. The molecule has 2 aliphatic heterocycles. The van der Waals surface area contributed by atoms with E-state index in [1.807, 2.05) is 36.5 Å². The lowest BCUT2D eigenvalue weighted by atomic mass is 10.1. The highest BCUT2D eigenvalue weighted by molar-refractivity contribution is 6.31. The first-order valence-electron chi connectivity index (χ1n) is 10.7. The first kappa shape index (κ1) is 20.2. The number of aromatic nitrogens is 2. The van der Waals surface area contributed by atoms with Crippen molar-refractivity contribution < 1.29 is 4.39 Å². The monoisotopic (exact) mass is 437 g/mol. The molecule has 2 aliphatic rings. The third-order valence-corrected chi connectivity index (χ3v) is 6.48. The van der Waals surface area contributed by atoms with Crippen molar-refractivity contribution in [2.45, 2.75) is 19.5 Å². The van der Waals surface area contributed by atoms with E-state index in [0.717, 1.165) is 80.1 Å². The summed E-state index contributed by atoms with van der Waals surface area (Å²) >= 11 is 6.33. The zero-order valence-corrected chi connectivity index (χ0v) is 18.1. The molecule has 0 spiro atoms. The summed E-state index contributed by atoms with van der Waals surface area (Å²) in [5, 5.41) is 0.819. The fraction of sp³-hybridized carbons (Fsp3) is 0.333. The average Bonchev–Trinajstić information content (AvgIpc) is 2.81. The molecule has 1 saturated heterocycles. The van der Waals surface area contributed by atoms with Gasteiger partial charge in [0.05, 0.1) is 5.69 Å². The summed E-state index contributed by atoms with van der Waals surface area (Å²) in [6, 6.07) is 14.7. The summed E-state index contributed by atoms with van der Waals surface area (Å²) in [6.45, 7) is 6.11. The number of fused-ring (bicyclic) bond motifs is 1. The van der Waals surface area contributed by atoms with E-state index in [4.69, 9.17) is 16.6 Å². The van der Waals surface area contributed by atoms with Crippen molar-refractivity contribution in [2.75, 3.05) is 42.5 Å². The van der Waals surface area contributed by atoms with Crippen molar-refractivity contribution >= 4 is 23.2 Å². The highest BCUT2D eigenvalue weighted by atomic mass is 35.5. The maximum Gasteiger partial charge on any atom is 0.225 e. The summed E-state index contributed by atoms with van der Waals surface area (Å²) < 4.78 is 13.2. The predicted octanol–water partition coefficient (Wildman–Crippen LogP) is 4.15. The predicted molar refractivity (Wildman–Crippen MR) is 122 cm³/mol. The van der Waals surface area contributed by atoms with Crippen LogP contribution in [0, 0.1) is 5.82 Å². The maximum absolute atomic E-state index is 13.2. The van der Waals surface area contributed by atoms with Gasteiger partial charge < -0.3 is 9.80 Å². The van der Waals surface area contributed by atoms with E-state index >= 15 is 0 Å². The van der Waals surface area contributed by atoms with Crippen molar-refractivity contribution in [1.82, 2.24) is 14.9 Å². The molecule has 0 saturated carbocycles. The van der Waals surface area contributed by atoms with Crippen LogP contribution < -0.4 is 9.80 Å². The molecule has 5 rings (SSSR count). The van der Waals surface area contributed by atoms with Gasteiger partial charge in [0.2, 0.25) is 5.95 Å². The molecule has 160 valence electrons. The van der Waals surface area contributed by atoms with Crippen molar-refractivity contribution in [2.24, 2.45) is 0 Å². The quantitative estimate of drug-likeness (QED) is 0.612. The Morgan fingerprint density at radius 1 is 0.903 bits per heavy atom. The van der Waals surface area contributed by atoms with E-state index in [1.54, 1.807) is 0 Å². The van der Waals surface area contributed by atoms with Gasteiger partial charge in [-0.2, -0.15) is 0 Å². The largest absolute Gasteiger partial charge is 0.368 e. The molecule has 2 aromatic carbocycles. The lowest BCUT2D eigenvalue weighted by Crippen LogP contribution is -2.47.